The lowest BCUT2D eigenvalue weighted by Gasteiger charge is -2.21. The van der Waals surface area contributed by atoms with Crippen LogP contribution in [0.5, 0.6) is 0 Å². The van der Waals surface area contributed by atoms with Crippen molar-refractivity contribution in [1.82, 2.24) is 4.98 Å². The molecule has 1 unspecified atom stereocenters. The van der Waals surface area contributed by atoms with Crippen LogP contribution in [-0.4, -0.2) is 20.3 Å². The summed E-state index contributed by atoms with van der Waals surface area (Å²) in [5.41, 5.74) is 5.75. The van der Waals surface area contributed by atoms with E-state index in [1.54, 1.807) is 18.2 Å². The van der Waals surface area contributed by atoms with Gasteiger partial charge in [-0.15, -0.1) is 0 Å². The molecular formula is C21H22FN3O2S. The molecule has 3 aromatic rings. The van der Waals surface area contributed by atoms with Crippen molar-refractivity contribution in [3.63, 3.8) is 0 Å². The predicted molar refractivity (Wildman–Crippen MR) is 113 cm³/mol. The molecule has 146 valence electrons. The van der Waals surface area contributed by atoms with Gasteiger partial charge in [-0.1, -0.05) is 0 Å². The van der Waals surface area contributed by atoms with Gasteiger partial charge in [0.2, 0.25) is 0 Å². The predicted octanol–water partition coefficient (Wildman–Crippen LogP) is 5.21. The monoisotopic (exact) mass is 399 g/mol. The number of aryl methyl sites for hydroxylation is 2. The molecule has 2 N–H and O–H groups in total. The number of hydrogen-bond donors (Lipinski definition) is 2. The Morgan fingerprint density at radius 2 is 1.71 bits per heavy atom. The van der Waals surface area contributed by atoms with E-state index in [0.29, 0.717) is 12.2 Å². The molecule has 1 aromatic heterocycles. The highest BCUT2D eigenvalue weighted by Crippen LogP contribution is 2.35. The van der Waals surface area contributed by atoms with Gasteiger partial charge in [-0.2, -0.15) is 0 Å². The average Bonchev–Trinajstić information content (AvgIpc) is 2.64. The van der Waals surface area contributed by atoms with Crippen LogP contribution < -0.4 is 9.62 Å². The molecule has 0 aliphatic rings. The van der Waals surface area contributed by atoms with E-state index in [1.807, 2.05) is 45.0 Å². The normalized spacial score (nSPS) is 11.9. The Kier molecular flexibility index (Phi) is 6.06. The summed E-state index contributed by atoms with van der Waals surface area (Å²) in [7, 11) is 0. The van der Waals surface area contributed by atoms with Gasteiger partial charge in [-0.05, 0) is 80.9 Å². The molecule has 7 heteroatoms. The van der Waals surface area contributed by atoms with Crippen molar-refractivity contribution in [2.24, 2.45) is 0 Å². The summed E-state index contributed by atoms with van der Waals surface area (Å²) in [5.74, 6) is -0.300. The highest BCUT2D eigenvalue weighted by molar-refractivity contribution is 7.80. The molecular weight excluding hydrogens is 377 g/mol. The van der Waals surface area contributed by atoms with Crippen molar-refractivity contribution in [2.45, 2.75) is 20.8 Å². The van der Waals surface area contributed by atoms with E-state index in [1.165, 1.54) is 16.4 Å². The summed E-state index contributed by atoms with van der Waals surface area (Å²) in [4.78, 5) is 4.42. The lowest BCUT2D eigenvalue weighted by atomic mass is 10.0. The second-order valence-corrected chi connectivity index (χ2v) is 7.33. The number of anilines is 3. The third kappa shape index (κ3) is 4.55. The zero-order chi connectivity index (χ0) is 20.3. The van der Waals surface area contributed by atoms with Crippen LogP contribution in [0.2, 0.25) is 0 Å². The van der Waals surface area contributed by atoms with Gasteiger partial charge in [0.1, 0.15) is 5.82 Å². The SMILES string of the molecule is CCN(c1ccc(Nc2ccc(F)cc2)c(-c2cc(C)nc(C)c2)c1)S(=O)O. The van der Waals surface area contributed by atoms with Crippen LogP contribution in [0.25, 0.3) is 11.1 Å². The first-order valence-corrected chi connectivity index (χ1v) is 9.94. The highest BCUT2D eigenvalue weighted by atomic mass is 32.2. The van der Waals surface area contributed by atoms with Gasteiger partial charge in [0, 0.05) is 34.9 Å². The summed E-state index contributed by atoms with van der Waals surface area (Å²) < 4.78 is 35.9. The van der Waals surface area contributed by atoms with Gasteiger partial charge in [0.05, 0.1) is 5.69 Å². The van der Waals surface area contributed by atoms with Crippen molar-refractivity contribution >= 4 is 28.3 Å². The van der Waals surface area contributed by atoms with Crippen LogP contribution >= 0.6 is 0 Å². The maximum Gasteiger partial charge on any atom is 0.261 e. The largest absolute Gasteiger partial charge is 0.355 e. The fourth-order valence-corrected chi connectivity index (χ4v) is 3.61. The maximum absolute atomic E-state index is 13.2. The fraction of sp³-hybridized carbons (Fsp3) is 0.190. The lowest BCUT2D eigenvalue weighted by Crippen LogP contribution is -2.24. The summed E-state index contributed by atoms with van der Waals surface area (Å²) >= 11 is -2.12. The third-order valence-corrected chi connectivity index (χ3v) is 5.13. The first-order valence-electron chi connectivity index (χ1n) is 8.88. The Hall–Kier alpha value is -2.77. The van der Waals surface area contributed by atoms with Gasteiger partial charge in [0.15, 0.2) is 0 Å². The first kappa shape index (κ1) is 20.0. The quantitative estimate of drug-likeness (QED) is 0.559. The van der Waals surface area contributed by atoms with Crippen LogP contribution in [-0.2, 0) is 11.3 Å². The molecule has 0 amide bonds. The van der Waals surface area contributed by atoms with E-state index >= 15 is 0 Å². The highest BCUT2D eigenvalue weighted by Gasteiger charge is 2.15. The van der Waals surface area contributed by atoms with Crippen molar-refractivity contribution < 1.29 is 13.2 Å². The van der Waals surface area contributed by atoms with Crippen molar-refractivity contribution in [3.8, 4) is 11.1 Å². The fourth-order valence-electron chi connectivity index (χ4n) is 3.10. The molecule has 5 nitrogen and oxygen atoms in total. The smallest absolute Gasteiger partial charge is 0.261 e. The van der Waals surface area contributed by atoms with E-state index in [2.05, 4.69) is 10.3 Å². The first-order chi connectivity index (χ1) is 13.4. The topological polar surface area (TPSA) is 65.5 Å². The summed E-state index contributed by atoms with van der Waals surface area (Å²) in [5, 5.41) is 3.31. The Bertz CT molecular complexity index is 989. The van der Waals surface area contributed by atoms with Crippen LogP contribution in [0.4, 0.5) is 21.5 Å². The van der Waals surface area contributed by atoms with Crippen LogP contribution in [0.15, 0.2) is 54.6 Å². The Labute approximate surface area is 166 Å². The molecule has 0 aliphatic carbocycles. The van der Waals surface area contributed by atoms with Crippen LogP contribution in [0.1, 0.15) is 18.3 Å². The molecule has 0 spiro atoms. The minimum absolute atomic E-state index is 0.300. The molecule has 0 fully saturated rings. The molecule has 1 atom stereocenters. The molecule has 0 radical (unpaired) electrons. The standard InChI is InChI=1S/C21H22FN3O2S/c1-4-25(28(26)27)19-9-10-21(24-18-7-5-17(22)6-8-18)20(13-19)16-11-14(2)23-15(3)12-16/h5-13,24H,4H2,1-3H3,(H,26,27). The summed E-state index contributed by atoms with van der Waals surface area (Å²) in [6.45, 7) is 6.06. The number of nitrogens with zero attached hydrogens (tertiary/aromatic N) is 2. The molecule has 0 saturated carbocycles. The van der Waals surface area contributed by atoms with Crippen molar-refractivity contribution in [2.75, 3.05) is 16.2 Å². The molecule has 2 aromatic carbocycles. The number of pyridine rings is 1. The number of aromatic nitrogens is 1. The zero-order valence-corrected chi connectivity index (χ0v) is 16.8. The third-order valence-electron chi connectivity index (χ3n) is 4.28. The summed E-state index contributed by atoms with van der Waals surface area (Å²) in [6.07, 6.45) is 0. The minimum Gasteiger partial charge on any atom is -0.355 e. The van der Waals surface area contributed by atoms with E-state index in [4.69, 9.17) is 0 Å². The molecule has 3 rings (SSSR count). The zero-order valence-electron chi connectivity index (χ0n) is 15.9. The average molecular weight is 399 g/mol. The van der Waals surface area contributed by atoms with E-state index in [9.17, 15) is 13.2 Å². The van der Waals surface area contributed by atoms with Crippen molar-refractivity contribution in [1.29, 1.82) is 0 Å². The number of nitrogens with one attached hydrogen (secondary N) is 1. The lowest BCUT2D eigenvalue weighted by molar-refractivity contribution is 0.560. The van der Waals surface area contributed by atoms with E-state index in [0.717, 1.165) is 33.9 Å². The van der Waals surface area contributed by atoms with Gasteiger partial charge >= 0.3 is 0 Å². The minimum atomic E-state index is -2.12. The van der Waals surface area contributed by atoms with E-state index < -0.39 is 11.3 Å². The number of hydrogen-bond acceptors (Lipinski definition) is 3. The second kappa shape index (κ2) is 8.50. The molecule has 0 aliphatic heterocycles. The molecule has 0 bridgehead atoms. The maximum atomic E-state index is 13.2. The molecule has 0 saturated heterocycles. The van der Waals surface area contributed by atoms with E-state index in [-0.39, 0.29) is 5.82 Å². The Morgan fingerprint density at radius 1 is 1.07 bits per heavy atom. The molecule has 28 heavy (non-hydrogen) atoms. The second-order valence-electron chi connectivity index (χ2n) is 6.43. The van der Waals surface area contributed by atoms with Gasteiger partial charge in [-0.25, -0.2) is 8.60 Å². The van der Waals surface area contributed by atoms with Gasteiger partial charge in [-0.3, -0.25) is 13.8 Å². The number of rotatable bonds is 6. The van der Waals surface area contributed by atoms with Crippen LogP contribution in [0, 0.1) is 19.7 Å². The summed E-state index contributed by atoms with van der Waals surface area (Å²) in [6, 6.07) is 15.6. The molecule has 1 heterocycles. The number of halogens is 1. The number of benzene rings is 2. The van der Waals surface area contributed by atoms with Crippen molar-refractivity contribution in [3.05, 3.63) is 71.8 Å². The van der Waals surface area contributed by atoms with Gasteiger partial charge in [0.25, 0.3) is 11.3 Å². The Balaban J connectivity index is 2.12. The van der Waals surface area contributed by atoms with Gasteiger partial charge < -0.3 is 5.32 Å². The van der Waals surface area contributed by atoms with Crippen LogP contribution in [0.3, 0.4) is 0 Å². The Morgan fingerprint density at radius 3 is 2.29 bits per heavy atom.